The second kappa shape index (κ2) is 10.9. The molecule has 0 amide bonds. The zero-order valence-electron chi connectivity index (χ0n) is 22.6. The largest absolute Gasteiger partial charge is 0.238 e. The van der Waals surface area contributed by atoms with Gasteiger partial charge in [0, 0.05) is 22.3 Å². The van der Waals surface area contributed by atoms with Crippen molar-refractivity contribution in [3.8, 4) is 56.4 Å². The molecule has 0 saturated heterocycles. The molecule has 0 bridgehead atoms. The van der Waals surface area contributed by atoms with Crippen molar-refractivity contribution >= 4 is 16.5 Å². The predicted molar refractivity (Wildman–Crippen MR) is 171 cm³/mol. The van der Waals surface area contributed by atoms with E-state index in [1.165, 1.54) is 0 Å². The van der Waals surface area contributed by atoms with Gasteiger partial charge in [0.15, 0.2) is 23.2 Å². The van der Waals surface area contributed by atoms with Gasteiger partial charge in [-0.2, -0.15) is 0 Å². The molecule has 0 radical (unpaired) electrons. The molecule has 0 unspecified atom stereocenters. The molecular formula is C38H24N4. The minimum Gasteiger partial charge on any atom is -0.238 e. The van der Waals surface area contributed by atoms with Crippen LogP contribution in [0.25, 0.3) is 72.0 Å². The summed E-state index contributed by atoms with van der Waals surface area (Å²) in [6.45, 7) is 7.59. The molecule has 1 heterocycles. The standard InChI is InChI=1S/C38H24N4/c1-39-34-19-11-10-17-31(34)27-20-22-28(23-21-27)35-32-18-9-8-12-26(32)24-25-33(35)38-41-36(29-13-4-2-5-14-29)40-37(42-38)30-15-6-3-7-16-30/h2-25H. The van der Waals surface area contributed by atoms with E-state index in [0.29, 0.717) is 23.2 Å². The number of para-hydroxylation sites is 1. The van der Waals surface area contributed by atoms with Gasteiger partial charge >= 0.3 is 0 Å². The summed E-state index contributed by atoms with van der Waals surface area (Å²) in [4.78, 5) is 18.6. The van der Waals surface area contributed by atoms with Gasteiger partial charge in [-0.3, -0.25) is 0 Å². The van der Waals surface area contributed by atoms with Gasteiger partial charge in [0.2, 0.25) is 0 Å². The van der Waals surface area contributed by atoms with E-state index in [-0.39, 0.29) is 0 Å². The maximum Gasteiger partial charge on any atom is 0.194 e. The summed E-state index contributed by atoms with van der Waals surface area (Å²) in [6, 6.07) is 48.8. The molecule has 0 aliphatic rings. The quantitative estimate of drug-likeness (QED) is 0.206. The Balaban J connectivity index is 1.45. The number of benzene rings is 6. The maximum absolute atomic E-state index is 7.59. The van der Waals surface area contributed by atoms with Crippen LogP contribution in [0.1, 0.15) is 0 Å². The first-order valence-electron chi connectivity index (χ1n) is 13.7. The minimum absolute atomic E-state index is 0.617. The van der Waals surface area contributed by atoms with Crippen LogP contribution in [-0.2, 0) is 0 Å². The Kier molecular flexibility index (Phi) is 6.52. The molecular weight excluding hydrogens is 512 g/mol. The van der Waals surface area contributed by atoms with Crippen LogP contribution in [0, 0.1) is 6.57 Å². The lowest BCUT2D eigenvalue weighted by atomic mass is 9.91. The zero-order valence-corrected chi connectivity index (χ0v) is 22.6. The molecule has 0 aliphatic carbocycles. The Labute approximate surface area is 244 Å². The first-order valence-corrected chi connectivity index (χ1v) is 13.7. The van der Waals surface area contributed by atoms with E-state index in [4.69, 9.17) is 21.5 Å². The van der Waals surface area contributed by atoms with Gasteiger partial charge in [-0.15, -0.1) is 0 Å². The summed E-state index contributed by atoms with van der Waals surface area (Å²) in [5.41, 5.74) is 7.48. The van der Waals surface area contributed by atoms with E-state index in [9.17, 15) is 0 Å². The molecule has 7 aromatic rings. The van der Waals surface area contributed by atoms with Crippen molar-refractivity contribution in [1.29, 1.82) is 0 Å². The van der Waals surface area contributed by atoms with Crippen molar-refractivity contribution in [3.05, 3.63) is 157 Å². The third-order valence-electron chi connectivity index (χ3n) is 7.38. The van der Waals surface area contributed by atoms with Gasteiger partial charge in [-0.1, -0.05) is 140 Å². The summed E-state index contributed by atoms with van der Waals surface area (Å²) >= 11 is 0. The van der Waals surface area contributed by atoms with Gasteiger partial charge in [0.1, 0.15) is 0 Å². The van der Waals surface area contributed by atoms with Crippen molar-refractivity contribution in [2.45, 2.75) is 0 Å². The molecule has 7 rings (SSSR count). The third-order valence-corrected chi connectivity index (χ3v) is 7.38. The van der Waals surface area contributed by atoms with Crippen molar-refractivity contribution in [1.82, 2.24) is 15.0 Å². The minimum atomic E-state index is 0.617. The van der Waals surface area contributed by atoms with Crippen LogP contribution in [0.2, 0.25) is 0 Å². The number of rotatable bonds is 5. The molecule has 1 aromatic heterocycles. The Morgan fingerprint density at radius 2 is 0.952 bits per heavy atom. The van der Waals surface area contributed by atoms with Crippen molar-refractivity contribution < 1.29 is 0 Å². The SMILES string of the molecule is [C-]#[N+]c1ccccc1-c1ccc(-c2c(-c3nc(-c4ccccc4)nc(-c4ccccc4)n3)ccc3ccccc23)cc1. The van der Waals surface area contributed by atoms with Crippen LogP contribution in [0.5, 0.6) is 0 Å². The van der Waals surface area contributed by atoms with E-state index in [1.807, 2.05) is 84.9 Å². The molecule has 0 saturated carbocycles. The normalized spacial score (nSPS) is 10.8. The molecule has 0 N–H and O–H groups in total. The number of hydrogen-bond donors (Lipinski definition) is 0. The first kappa shape index (κ1) is 25.1. The summed E-state index contributed by atoms with van der Waals surface area (Å²) < 4.78 is 0. The average Bonchev–Trinajstić information content (AvgIpc) is 3.08. The van der Waals surface area contributed by atoms with Crippen LogP contribution < -0.4 is 0 Å². The summed E-state index contributed by atoms with van der Waals surface area (Å²) in [6.07, 6.45) is 0. The van der Waals surface area contributed by atoms with Gasteiger partial charge in [0.05, 0.1) is 6.57 Å². The Morgan fingerprint density at radius 1 is 0.405 bits per heavy atom. The Morgan fingerprint density at radius 3 is 1.62 bits per heavy atom. The fraction of sp³-hybridized carbons (Fsp3) is 0. The predicted octanol–water partition coefficient (Wildman–Crippen LogP) is 9.91. The van der Waals surface area contributed by atoms with Crippen LogP contribution >= 0.6 is 0 Å². The number of hydrogen-bond acceptors (Lipinski definition) is 3. The summed E-state index contributed by atoms with van der Waals surface area (Å²) in [7, 11) is 0. The summed E-state index contributed by atoms with van der Waals surface area (Å²) in [5, 5.41) is 2.26. The van der Waals surface area contributed by atoms with Gasteiger partial charge in [-0.25, -0.2) is 19.8 Å². The Hall–Kier alpha value is -5.92. The third kappa shape index (κ3) is 4.70. The van der Waals surface area contributed by atoms with Gasteiger partial charge in [-0.05, 0) is 33.5 Å². The molecule has 42 heavy (non-hydrogen) atoms. The fourth-order valence-corrected chi connectivity index (χ4v) is 5.33. The highest BCUT2D eigenvalue weighted by atomic mass is 15.0. The fourth-order valence-electron chi connectivity index (χ4n) is 5.33. The number of nitrogens with zero attached hydrogens (tertiary/aromatic N) is 4. The molecule has 0 atom stereocenters. The van der Waals surface area contributed by atoms with Crippen LogP contribution in [0.3, 0.4) is 0 Å². The highest BCUT2D eigenvalue weighted by Gasteiger charge is 2.18. The lowest BCUT2D eigenvalue weighted by Gasteiger charge is -2.15. The summed E-state index contributed by atoms with van der Waals surface area (Å²) in [5.74, 6) is 1.88. The highest BCUT2D eigenvalue weighted by Crippen LogP contribution is 2.39. The second-order valence-electron chi connectivity index (χ2n) is 9.95. The van der Waals surface area contributed by atoms with Crippen molar-refractivity contribution in [3.63, 3.8) is 0 Å². The first-order chi connectivity index (χ1) is 20.8. The monoisotopic (exact) mass is 536 g/mol. The smallest absolute Gasteiger partial charge is 0.194 e. The van der Waals surface area contributed by atoms with E-state index in [0.717, 1.165) is 49.7 Å². The number of aromatic nitrogens is 3. The van der Waals surface area contributed by atoms with Crippen LogP contribution in [-0.4, -0.2) is 15.0 Å². The van der Waals surface area contributed by atoms with Crippen LogP contribution in [0.15, 0.2) is 146 Å². The molecule has 0 spiro atoms. The average molecular weight is 537 g/mol. The lowest BCUT2D eigenvalue weighted by molar-refractivity contribution is 1.07. The second-order valence-corrected chi connectivity index (χ2v) is 9.95. The van der Waals surface area contributed by atoms with E-state index >= 15 is 0 Å². The van der Waals surface area contributed by atoms with Gasteiger partial charge < -0.3 is 0 Å². The van der Waals surface area contributed by atoms with E-state index in [1.54, 1.807) is 0 Å². The Bertz CT molecular complexity index is 2020. The van der Waals surface area contributed by atoms with Crippen LogP contribution in [0.4, 0.5) is 5.69 Å². The van der Waals surface area contributed by atoms with E-state index in [2.05, 4.69) is 65.5 Å². The molecule has 196 valence electrons. The number of fused-ring (bicyclic) bond motifs is 1. The molecule has 0 fully saturated rings. The highest BCUT2D eigenvalue weighted by molar-refractivity contribution is 6.03. The van der Waals surface area contributed by atoms with Crippen molar-refractivity contribution in [2.75, 3.05) is 0 Å². The zero-order chi connectivity index (χ0) is 28.3. The maximum atomic E-state index is 7.59. The molecule has 4 heteroatoms. The van der Waals surface area contributed by atoms with Crippen molar-refractivity contribution in [2.24, 2.45) is 0 Å². The molecule has 6 aromatic carbocycles. The topological polar surface area (TPSA) is 43.0 Å². The molecule has 4 nitrogen and oxygen atoms in total. The van der Waals surface area contributed by atoms with E-state index < -0.39 is 0 Å². The lowest BCUT2D eigenvalue weighted by Crippen LogP contribution is -2.01. The molecule has 0 aliphatic heterocycles. The van der Waals surface area contributed by atoms with Gasteiger partial charge in [0.25, 0.3) is 0 Å².